The quantitative estimate of drug-likeness (QED) is 0.537. The molecule has 2 N–H and O–H groups in total. The van der Waals surface area contributed by atoms with E-state index in [1.165, 1.54) is 17.1 Å². The minimum atomic E-state index is -0.124. The van der Waals surface area contributed by atoms with E-state index in [2.05, 4.69) is 21.6 Å². The van der Waals surface area contributed by atoms with Gasteiger partial charge in [-0.05, 0) is 31.2 Å². The summed E-state index contributed by atoms with van der Waals surface area (Å²) in [5.74, 6) is 2.15. The summed E-state index contributed by atoms with van der Waals surface area (Å²) in [6.07, 6.45) is 0.777. The van der Waals surface area contributed by atoms with Crippen LogP contribution >= 0.6 is 11.8 Å². The Kier molecular flexibility index (Phi) is 10.3. The molecule has 0 radical (unpaired) electrons. The molecule has 0 aromatic heterocycles. The molecule has 7 nitrogen and oxygen atoms in total. The number of rotatable bonds is 11. The number of ether oxygens (including phenoxy) is 1. The van der Waals surface area contributed by atoms with Crippen molar-refractivity contribution in [2.24, 2.45) is 0 Å². The lowest BCUT2D eigenvalue weighted by Gasteiger charge is -2.26. The van der Waals surface area contributed by atoms with Crippen LogP contribution in [0.4, 0.5) is 5.69 Å². The second-order valence-electron chi connectivity index (χ2n) is 7.01. The zero-order chi connectivity index (χ0) is 20.2. The van der Waals surface area contributed by atoms with Gasteiger partial charge in [-0.1, -0.05) is 12.1 Å². The molecular formula is C20H32N4O3S. The molecular weight excluding hydrogens is 376 g/mol. The Bertz CT molecular complexity index is 623. The van der Waals surface area contributed by atoms with E-state index in [0.717, 1.165) is 31.7 Å². The molecule has 1 heterocycles. The van der Waals surface area contributed by atoms with E-state index < -0.39 is 0 Å². The third kappa shape index (κ3) is 9.05. The lowest BCUT2D eigenvalue weighted by atomic mass is 10.2. The minimum absolute atomic E-state index is 0.0897. The van der Waals surface area contributed by atoms with Crippen molar-refractivity contribution in [3.05, 3.63) is 29.8 Å². The van der Waals surface area contributed by atoms with Crippen LogP contribution < -0.4 is 10.6 Å². The van der Waals surface area contributed by atoms with E-state index in [4.69, 9.17) is 4.74 Å². The molecule has 8 heteroatoms. The van der Waals surface area contributed by atoms with Crippen molar-refractivity contribution in [3.63, 3.8) is 0 Å². The molecule has 1 aliphatic heterocycles. The number of anilines is 1. The molecule has 1 fully saturated rings. The smallest absolute Gasteiger partial charge is 0.238 e. The molecule has 0 aliphatic carbocycles. The van der Waals surface area contributed by atoms with E-state index in [0.29, 0.717) is 13.2 Å². The van der Waals surface area contributed by atoms with Gasteiger partial charge in [0.25, 0.3) is 0 Å². The van der Waals surface area contributed by atoms with Crippen LogP contribution in [0.5, 0.6) is 0 Å². The number of likely N-dealkylation sites (N-methyl/N-ethyl adjacent to an activating group) is 1. The van der Waals surface area contributed by atoms with Crippen molar-refractivity contribution in [3.8, 4) is 0 Å². The van der Waals surface area contributed by atoms with Gasteiger partial charge >= 0.3 is 0 Å². The number of benzene rings is 1. The van der Waals surface area contributed by atoms with Gasteiger partial charge in [-0.25, -0.2) is 0 Å². The van der Waals surface area contributed by atoms with Crippen molar-refractivity contribution >= 4 is 29.3 Å². The Hall–Kier alpha value is -1.61. The molecule has 1 saturated heterocycles. The topological polar surface area (TPSA) is 73.9 Å². The minimum Gasteiger partial charge on any atom is -0.385 e. The summed E-state index contributed by atoms with van der Waals surface area (Å²) >= 11 is 2.00. The molecule has 156 valence electrons. The van der Waals surface area contributed by atoms with Gasteiger partial charge in [0, 0.05) is 57.1 Å². The van der Waals surface area contributed by atoms with Gasteiger partial charge in [-0.15, -0.1) is 0 Å². The van der Waals surface area contributed by atoms with Gasteiger partial charge in [0.05, 0.1) is 13.1 Å². The van der Waals surface area contributed by atoms with Crippen LogP contribution in [0.3, 0.4) is 0 Å². The summed E-state index contributed by atoms with van der Waals surface area (Å²) in [4.78, 5) is 28.3. The number of nitrogens with one attached hydrogen (secondary N) is 2. The third-order valence-electron chi connectivity index (χ3n) is 4.40. The maximum absolute atomic E-state index is 12.3. The van der Waals surface area contributed by atoms with E-state index in [1.807, 2.05) is 30.0 Å². The van der Waals surface area contributed by atoms with Crippen molar-refractivity contribution in [1.29, 1.82) is 0 Å². The molecule has 0 atom stereocenters. The van der Waals surface area contributed by atoms with Gasteiger partial charge in [0.15, 0.2) is 0 Å². The molecule has 0 unspecified atom stereocenters. The van der Waals surface area contributed by atoms with Gasteiger partial charge in [0.1, 0.15) is 0 Å². The highest BCUT2D eigenvalue weighted by molar-refractivity contribution is 7.99. The summed E-state index contributed by atoms with van der Waals surface area (Å²) in [6, 6.07) is 8.00. The third-order valence-corrected chi connectivity index (χ3v) is 5.34. The van der Waals surface area contributed by atoms with Crippen LogP contribution in [0.2, 0.25) is 0 Å². The standard InChI is InChI=1S/C20H32N4O3S/c1-23(15-19(25)21-7-4-10-27-2)16-20(26)22-18-6-3-5-17(13-18)14-24-8-11-28-12-9-24/h3,5-6,13H,4,7-12,14-16H2,1-2H3,(H,21,25)(H,22,26). The molecule has 0 saturated carbocycles. The van der Waals surface area contributed by atoms with Gasteiger partial charge in [-0.3, -0.25) is 19.4 Å². The number of carbonyl (C=O) groups is 2. The first-order chi connectivity index (χ1) is 13.6. The summed E-state index contributed by atoms with van der Waals surface area (Å²) < 4.78 is 4.95. The van der Waals surface area contributed by atoms with Crippen LogP contribution in [-0.4, -0.2) is 86.6 Å². The molecule has 1 aromatic rings. The first kappa shape index (κ1) is 22.7. The summed E-state index contributed by atoms with van der Waals surface area (Å²) in [7, 11) is 3.40. The number of hydrogen-bond acceptors (Lipinski definition) is 6. The Morgan fingerprint density at radius 1 is 1.21 bits per heavy atom. The summed E-state index contributed by atoms with van der Waals surface area (Å²) in [5, 5.41) is 5.75. The fraction of sp³-hybridized carbons (Fsp3) is 0.600. The van der Waals surface area contributed by atoms with E-state index in [9.17, 15) is 9.59 Å². The summed E-state index contributed by atoms with van der Waals surface area (Å²) in [5.41, 5.74) is 2.00. The molecule has 2 amide bonds. The Morgan fingerprint density at radius 2 is 1.96 bits per heavy atom. The zero-order valence-electron chi connectivity index (χ0n) is 16.9. The normalized spacial score (nSPS) is 14.8. The first-order valence-corrected chi connectivity index (χ1v) is 10.9. The number of thioether (sulfide) groups is 1. The van der Waals surface area contributed by atoms with E-state index in [-0.39, 0.29) is 24.9 Å². The number of carbonyl (C=O) groups excluding carboxylic acids is 2. The Balaban J connectivity index is 1.72. The van der Waals surface area contributed by atoms with Crippen LogP contribution in [0, 0.1) is 0 Å². The average Bonchev–Trinajstić information content (AvgIpc) is 2.66. The van der Waals surface area contributed by atoms with Crippen LogP contribution in [0.25, 0.3) is 0 Å². The lowest BCUT2D eigenvalue weighted by Crippen LogP contribution is -2.39. The van der Waals surface area contributed by atoms with E-state index in [1.54, 1.807) is 19.1 Å². The number of hydrogen-bond donors (Lipinski definition) is 2. The number of amides is 2. The fourth-order valence-corrected chi connectivity index (χ4v) is 3.99. The highest BCUT2D eigenvalue weighted by Crippen LogP contribution is 2.16. The fourth-order valence-electron chi connectivity index (χ4n) is 3.01. The zero-order valence-corrected chi connectivity index (χ0v) is 17.7. The second kappa shape index (κ2) is 12.8. The molecule has 1 aliphatic rings. The first-order valence-electron chi connectivity index (χ1n) is 9.70. The molecule has 1 aromatic carbocycles. The van der Waals surface area contributed by atoms with Crippen LogP contribution in [0.15, 0.2) is 24.3 Å². The maximum Gasteiger partial charge on any atom is 0.238 e. The average molecular weight is 409 g/mol. The van der Waals surface area contributed by atoms with Crippen molar-refractivity contribution in [1.82, 2.24) is 15.1 Å². The number of nitrogens with zero attached hydrogens (tertiary/aromatic N) is 2. The lowest BCUT2D eigenvalue weighted by molar-refractivity contribution is -0.123. The van der Waals surface area contributed by atoms with Gasteiger partial charge in [0.2, 0.25) is 11.8 Å². The van der Waals surface area contributed by atoms with E-state index >= 15 is 0 Å². The van der Waals surface area contributed by atoms with Gasteiger partial charge in [-0.2, -0.15) is 11.8 Å². The van der Waals surface area contributed by atoms with Crippen LogP contribution in [0.1, 0.15) is 12.0 Å². The monoisotopic (exact) mass is 408 g/mol. The Morgan fingerprint density at radius 3 is 2.71 bits per heavy atom. The number of methoxy groups -OCH3 is 1. The predicted molar refractivity (Wildman–Crippen MR) is 115 cm³/mol. The summed E-state index contributed by atoms with van der Waals surface area (Å²) in [6.45, 7) is 4.68. The van der Waals surface area contributed by atoms with Crippen molar-refractivity contribution in [2.75, 3.05) is 70.3 Å². The maximum atomic E-state index is 12.3. The molecule has 0 spiro atoms. The highest BCUT2D eigenvalue weighted by atomic mass is 32.2. The van der Waals surface area contributed by atoms with Crippen molar-refractivity contribution < 1.29 is 14.3 Å². The molecule has 0 bridgehead atoms. The molecule has 2 rings (SSSR count). The molecule has 28 heavy (non-hydrogen) atoms. The largest absolute Gasteiger partial charge is 0.385 e. The van der Waals surface area contributed by atoms with Gasteiger partial charge < -0.3 is 15.4 Å². The van der Waals surface area contributed by atoms with Crippen LogP contribution in [-0.2, 0) is 20.9 Å². The second-order valence-corrected chi connectivity index (χ2v) is 8.23. The Labute approximate surface area is 172 Å². The highest BCUT2D eigenvalue weighted by Gasteiger charge is 2.13. The van der Waals surface area contributed by atoms with Crippen molar-refractivity contribution in [2.45, 2.75) is 13.0 Å². The SMILES string of the molecule is COCCCNC(=O)CN(C)CC(=O)Nc1cccc(CN2CCSCC2)c1. The predicted octanol–water partition coefficient (Wildman–Crippen LogP) is 1.26.